The third-order valence-electron chi connectivity index (χ3n) is 4.37. The van der Waals surface area contributed by atoms with Crippen LogP contribution in [-0.2, 0) is 27.8 Å². The van der Waals surface area contributed by atoms with Gasteiger partial charge in [0.25, 0.3) is 5.69 Å². The summed E-state index contributed by atoms with van der Waals surface area (Å²) >= 11 is 7.56. The molecule has 0 radical (unpaired) electrons. The van der Waals surface area contributed by atoms with E-state index in [9.17, 15) is 23.3 Å². The number of fused-ring (bicyclic) bond motifs is 1. The minimum absolute atomic E-state index is 0.0306. The first-order valence-corrected chi connectivity index (χ1v) is 10.7. The van der Waals surface area contributed by atoms with E-state index in [-0.39, 0.29) is 21.4 Å². The molecule has 0 aliphatic carbocycles. The Balaban J connectivity index is 1.72. The van der Waals surface area contributed by atoms with Gasteiger partial charge in [-0.15, -0.1) is 11.3 Å². The van der Waals surface area contributed by atoms with E-state index in [1.807, 2.05) is 11.4 Å². The molecule has 0 bridgehead atoms. The standard InChI is InChI=1S/C16H16ClN3O5S2/c1-10-13(17)6-12(7-14(10)20(22)23)27(24,25)18-8-16(21)19-4-2-15-11(9-19)3-5-26-15/h3,5-7,18H,2,4,8-9H2,1H3. The molecule has 1 aliphatic rings. The van der Waals surface area contributed by atoms with E-state index in [1.54, 1.807) is 16.2 Å². The quantitative estimate of drug-likeness (QED) is 0.580. The SMILES string of the molecule is Cc1c(Cl)cc(S(=O)(=O)NCC(=O)N2CCc3sccc3C2)cc1[N+](=O)[O-]. The predicted octanol–water partition coefficient (Wildman–Crippen LogP) is 2.48. The Labute approximate surface area is 165 Å². The number of benzene rings is 1. The highest BCUT2D eigenvalue weighted by Crippen LogP contribution is 2.29. The van der Waals surface area contributed by atoms with Gasteiger partial charge in [0.2, 0.25) is 15.9 Å². The van der Waals surface area contributed by atoms with Crippen LogP contribution in [0.4, 0.5) is 5.69 Å². The van der Waals surface area contributed by atoms with Crippen molar-refractivity contribution in [1.82, 2.24) is 9.62 Å². The van der Waals surface area contributed by atoms with Gasteiger partial charge in [0.1, 0.15) is 0 Å². The van der Waals surface area contributed by atoms with Crippen LogP contribution in [0.25, 0.3) is 0 Å². The minimum atomic E-state index is -4.12. The lowest BCUT2D eigenvalue weighted by molar-refractivity contribution is -0.385. The Bertz CT molecular complexity index is 1020. The number of thiophene rings is 1. The predicted molar refractivity (Wildman–Crippen MR) is 101 cm³/mol. The van der Waals surface area contributed by atoms with Crippen LogP contribution >= 0.6 is 22.9 Å². The van der Waals surface area contributed by atoms with Crippen molar-refractivity contribution >= 4 is 44.6 Å². The summed E-state index contributed by atoms with van der Waals surface area (Å²) in [4.78, 5) is 25.2. The average Bonchev–Trinajstić information content (AvgIpc) is 3.09. The lowest BCUT2D eigenvalue weighted by Crippen LogP contribution is -2.42. The summed E-state index contributed by atoms with van der Waals surface area (Å²) in [5.74, 6) is -0.358. The number of sulfonamides is 1. The van der Waals surface area contributed by atoms with Crippen molar-refractivity contribution in [3.63, 3.8) is 0 Å². The largest absolute Gasteiger partial charge is 0.337 e. The van der Waals surface area contributed by atoms with E-state index in [1.165, 1.54) is 11.8 Å². The first kappa shape index (κ1) is 19.7. The molecule has 2 aromatic rings. The molecule has 27 heavy (non-hydrogen) atoms. The number of hydrogen-bond acceptors (Lipinski definition) is 6. The van der Waals surface area contributed by atoms with Gasteiger partial charge in [-0.1, -0.05) is 11.6 Å². The summed E-state index contributed by atoms with van der Waals surface area (Å²) in [5.41, 5.74) is 0.857. The molecule has 0 saturated heterocycles. The minimum Gasteiger partial charge on any atom is -0.337 e. The Kier molecular flexibility index (Phi) is 5.52. The number of nitro groups is 1. The molecule has 0 saturated carbocycles. The van der Waals surface area contributed by atoms with Crippen LogP contribution in [0, 0.1) is 17.0 Å². The van der Waals surface area contributed by atoms with Crippen LogP contribution in [0.5, 0.6) is 0 Å². The molecular formula is C16H16ClN3O5S2. The molecule has 1 aromatic heterocycles. The topological polar surface area (TPSA) is 110 Å². The Morgan fingerprint density at radius 3 is 2.89 bits per heavy atom. The summed E-state index contributed by atoms with van der Waals surface area (Å²) < 4.78 is 27.1. The van der Waals surface area contributed by atoms with Gasteiger partial charge in [-0.05, 0) is 36.4 Å². The van der Waals surface area contributed by atoms with Crippen LogP contribution < -0.4 is 4.72 Å². The van der Waals surface area contributed by atoms with Crippen molar-refractivity contribution in [2.45, 2.75) is 24.8 Å². The molecule has 1 aliphatic heterocycles. The van der Waals surface area contributed by atoms with Gasteiger partial charge in [-0.2, -0.15) is 0 Å². The number of carbonyl (C=O) groups excluding carboxylic acids is 1. The van der Waals surface area contributed by atoms with E-state index in [2.05, 4.69) is 4.72 Å². The summed E-state index contributed by atoms with van der Waals surface area (Å²) in [6, 6.07) is 4.03. The van der Waals surface area contributed by atoms with Crippen molar-refractivity contribution in [2.75, 3.05) is 13.1 Å². The smallest absolute Gasteiger partial charge is 0.275 e. The molecule has 0 unspecified atom stereocenters. The highest BCUT2D eigenvalue weighted by atomic mass is 35.5. The molecule has 11 heteroatoms. The first-order chi connectivity index (χ1) is 12.7. The molecular weight excluding hydrogens is 414 g/mol. The molecule has 0 fully saturated rings. The number of hydrogen-bond donors (Lipinski definition) is 1. The fourth-order valence-electron chi connectivity index (χ4n) is 2.80. The Morgan fingerprint density at radius 1 is 1.44 bits per heavy atom. The molecule has 2 heterocycles. The monoisotopic (exact) mass is 429 g/mol. The van der Waals surface area contributed by atoms with Crippen molar-refractivity contribution in [3.8, 4) is 0 Å². The third kappa shape index (κ3) is 4.13. The molecule has 3 rings (SSSR count). The fraction of sp³-hybridized carbons (Fsp3) is 0.312. The fourth-order valence-corrected chi connectivity index (χ4v) is 4.99. The molecule has 1 aromatic carbocycles. The number of nitrogens with zero attached hydrogens (tertiary/aromatic N) is 2. The third-order valence-corrected chi connectivity index (χ3v) is 7.17. The van der Waals surface area contributed by atoms with Gasteiger partial charge in [0.15, 0.2) is 0 Å². The molecule has 144 valence electrons. The van der Waals surface area contributed by atoms with Crippen LogP contribution in [-0.4, -0.2) is 37.2 Å². The Morgan fingerprint density at radius 2 is 2.19 bits per heavy atom. The van der Waals surface area contributed by atoms with Crippen LogP contribution in [0.1, 0.15) is 16.0 Å². The molecule has 1 amide bonds. The van der Waals surface area contributed by atoms with Gasteiger partial charge in [0, 0.05) is 29.6 Å². The number of rotatable bonds is 5. The second-order valence-electron chi connectivity index (χ2n) is 6.07. The lowest BCUT2D eigenvalue weighted by atomic mass is 10.1. The maximum Gasteiger partial charge on any atom is 0.275 e. The zero-order valence-electron chi connectivity index (χ0n) is 14.3. The average molecular weight is 430 g/mol. The first-order valence-electron chi connectivity index (χ1n) is 7.96. The van der Waals surface area contributed by atoms with Crippen molar-refractivity contribution in [3.05, 3.63) is 54.7 Å². The highest BCUT2D eigenvalue weighted by molar-refractivity contribution is 7.89. The van der Waals surface area contributed by atoms with E-state index in [4.69, 9.17) is 11.6 Å². The van der Waals surface area contributed by atoms with Crippen molar-refractivity contribution in [1.29, 1.82) is 0 Å². The van der Waals surface area contributed by atoms with Crippen LogP contribution in [0.3, 0.4) is 0 Å². The summed E-state index contributed by atoms with van der Waals surface area (Å²) in [7, 11) is -4.12. The second kappa shape index (κ2) is 7.55. The van der Waals surface area contributed by atoms with E-state index >= 15 is 0 Å². The highest BCUT2D eigenvalue weighted by Gasteiger charge is 2.25. The summed E-state index contributed by atoms with van der Waals surface area (Å²) in [6.45, 7) is 1.97. The molecule has 0 atom stereocenters. The molecule has 8 nitrogen and oxygen atoms in total. The van der Waals surface area contributed by atoms with Crippen molar-refractivity contribution < 1.29 is 18.1 Å². The molecule has 0 spiro atoms. The lowest BCUT2D eigenvalue weighted by Gasteiger charge is -2.27. The van der Waals surface area contributed by atoms with Gasteiger partial charge >= 0.3 is 0 Å². The maximum absolute atomic E-state index is 12.5. The number of amides is 1. The summed E-state index contributed by atoms with van der Waals surface area (Å²) in [6.07, 6.45) is 0.741. The van der Waals surface area contributed by atoms with Gasteiger partial charge in [-0.25, -0.2) is 13.1 Å². The number of carbonyl (C=O) groups is 1. The van der Waals surface area contributed by atoms with Crippen molar-refractivity contribution in [2.24, 2.45) is 0 Å². The normalized spacial score (nSPS) is 14.1. The number of halogens is 1. The van der Waals surface area contributed by atoms with E-state index in [0.29, 0.717) is 13.1 Å². The Hall–Kier alpha value is -2.01. The van der Waals surface area contributed by atoms with E-state index < -0.39 is 27.2 Å². The molecule has 1 N–H and O–H groups in total. The second-order valence-corrected chi connectivity index (χ2v) is 9.24. The zero-order chi connectivity index (χ0) is 19.8. The maximum atomic E-state index is 12.5. The van der Waals surface area contributed by atoms with Crippen LogP contribution in [0.15, 0.2) is 28.5 Å². The summed E-state index contributed by atoms with van der Waals surface area (Å²) in [5, 5.41) is 13.0. The van der Waals surface area contributed by atoms with Gasteiger partial charge < -0.3 is 4.90 Å². The van der Waals surface area contributed by atoms with Crippen LogP contribution in [0.2, 0.25) is 5.02 Å². The zero-order valence-corrected chi connectivity index (χ0v) is 16.7. The van der Waals surface area contributed by atoms with E-state index in [0.717, 1.165) is 24.1 Å². The van der Waals surface area contributed by atoms with Gasteiger partial charge in [0.05, 0.1) is 21.4 Å². The van der Waals surface area contributed by atoms with Gasteiger partial charge in [-0.3, -0.25) is 14.9 Å². The number of nitro benzene ring substituents is 1. The number of nitrogens with one attached hydrogen (secondary N) is 1.